The Balaban J connectivity index is 1.70. The molecule has 0 heterocycles. The molecule has 0 unspecified atom stereocenters. The van der Waals surface area contributed by atoms with E-state index in [1.54, 1.807) is 0 Å². The standard InChI is InChI=1S/C27H25NO/c29-28-22-25-16-9-14-24(21-25)15-10-20-27(26-17-5-2-6-18-26)19-8-7-13-23-11-3-1-4-12-23/h1-7,9-19,21-22,29H,8,20H2/b13-7+,15-10+,27-19+,28-22?. The van der Waals surface area contributed by atoms with Crippen molar-refractivity contribution in [1.82, 2.24) is 0 Å². The molecular weight excluding hydrogens is 354 g/mol. The van der Waals surface area contributed by atoms with Crippen LogP contribution in [0.15, 0.2) is 108 Å². The minimum absolute atomic E-state index is 0.849. The summed E-state index contributed by atoms with van der Waals surface area (Å²) in [7, 11) is 0. The lowest BCUT2D eigenvalue weighted by Gasteiger charge is -2.05. The molecule has 0 atom stereocenters. The van der Waals surface area contributed by atoms with Gasteiger partial charge in [-0.2, -0.15) is 0 Å². The molecule has 0 spiro atoms. The van der Waals surface area contributed by atoms with E-state index in [1.165, 1.54) is 22.9 Å². The Bertz CT molecular complexity index is 999. The summed E-state index contributed by atoms with van der Waals surface area (Å²) in [5.74, 6) is 0. The maximum Gasteiger partial charge on any atom is 0.0734 e. The van der Waals surface area contributed by atoms with Crippen LogP contribution >= 0.6 is 0 Å². The third-order valence-corrected chi connectivity index (χ3v) is 4.52. The van der Waals surface area contributed by atoms with E-state index in [9.17, 15) is 0 Å². The van der Waals surface area contributed by atoms with Crippen LogP contribution in [0, 0.1) is 0 Å². The Hall–Kier alpha value is -3.65. The minimum Gasteiger partial charge on any atom is -0.411 e. The van der Waals surface area contributed by atoms with Crippen LogP contribution in [-0.4, -0.2) is 11.4 Å². The minimum atomic E-state index is 0.849. The first kappa shape index (κ1) is 20.1. The molecule has 29 heavy (non-hydrogen) atoms. The Morgan fingerprint density at radius 2 is 1.38 bits per heavy atom. The van der Waals surface area contributed by atoms with Crippen molar-refractivity contribution < 1.29 is 5.21 Å². The summed E-state index contributed by atoms with van der Waals surface area (Å²) < 4.78 is 0. The number of hydrogen-bond acceptors (Lipinski definition) is 2. The molecule has 0 amide bonds. The number of allylic oxidation sites excluding steroid dienone is 4. The Morgan fingerprint density at radius 1 is 0.724 bits per heavy atom. The number of benzene rings is 3. The molecule has 0 aromatic heterocycles. The molecule has 0 aliphatic rings. The number of hydrogen-bond donors (Lipinski definition) is 1. The van der Waals surface area contributed by atoms with Gasteiger partial charge in [-0.15, -0.1) is 0 Å². The fraction of sp³-hybridized carbons (Fsp3) is 0.0741. The van der Waals surface area contributed by atoms with Gasteiger partial charge in [-0.1, -0.05) is 114 Å². The van der Waals surface area contributed by atoms with Crippen LogP contribution in [0.1, 0.15) is 35.1 Å². The summed E-state index contributed by atoms with van der Waals surface area (Å²) in [4.78, 5) is 0. The highest BCUT2D eigenvalue weighted by atomic mass is 16.4. The van der Waals surface area contributed by atoms with Gasteiger partial charge in [0.1, 0.15) is 0 Å². The smallest absolute Gasteiger partial charge is 0.0734 e. The van der Waals surface area contributed by atoms with Crippen molar-refractivity contribution in [3.05, 3.63) is 125 Å². The van der Waals surface area contributed by atoms with Gasteiger partial charge in [-0.3, -0.25) is 0 Å². The predicted molar refractivity (Wildman–Crippen MR) is 124 cm³/mol. The van der Waals surface area contributed by atoms with E-state index in [1.807, 2.05) is 36.4 Å². The second kappa shape index (κ2) is 11.3. The largest absolute Gasteiger partial charge is 0.411 e. The van der Waals surface area contributed by atoms with Gasteiger partial charge in [0.15, 0.2) is 0 Å². The first-order valence-electron chi connectivity index (χ1n) is 9.75. The Kier molecular flexibility index (Phi) is 7.80. The quantitative estimate of drug-likeness (QED) is 0.253. The maximum atomic E-state index is 8.70. The van der Waals surface area contributed by atoms with Gasteiger partial charge >= 0.3 is 0 Å². The van der Waals surface area contributed by atoms with Gasteiger partial charge in [0, 0.05) is 0 Å². The molecule has 3 rings (SSSR count). The normalized spacial score (nSPS) is 12.3. The molecule has 0 bridgehead atoms. The van der Waals surface area contributed by atoms with Crippen molar-refractivity contribution in [1.29, 1.82) is 0 Å². The van der Waals surface area contributed by atoms with E-state index < -0.39 is 0 Å². The zero-order valence-corrected chi connectivity index (χ0v) is 16.4. The average Bonchev–Trinajstić information content (AvgIpc) is 2.77. The van der Waals surface area contributed by atoms with Crippen molar-refractivity contribution in [2.24, 2.45) is 5.16 Å². The summed E-state index contributed by atoms with van der Waals surface area (Å²) in [6.07, 6.45) is 14.1. The second-order valence-corrected chi connectivity index (χ2v) is 6.67. The van der Waals surface area contributed by atoms with E-state index in [-0.39, 0.29) is 0 Å². The molecule has 0 radical (unpaired) electrons. The van der Waals surface area contributed by atoms with Crippen LogP contribution < -0.4 is 0 Å². The third kappa shape index (κ3) is 6.78. The molecule has 3 aromatic carbocycles. The van der Waals surface area contributed by atoms with Gasteiger partial charge in [0.2, 0.25) is 0 Å². The highest BCUT2D eigenvalue weighted by molar-refractivity contribution is 5.80. The number of oxime groups is 1. The Morgan fingerprint density at radius 3 is 2.14 bits per heavy atom. The van der Waals surface area contributed by atoms with Crippen LogP contribution in [0.25, 0.3) is 17.7 Å². The monoisotopic (exact) mass is 379 g/mol. The van der Waals surface area contributed by atoms with Gasteiger partial charge in [0.25, 0.3) is 0 Å². The topological polar surface area (TPSA) is 32.6 Å². The van der Waals surface area contributed by atoms with Crippen LogP contribution in [0.3, 0.4) is 0 Å². The van der Waals surface area contributed by atoms with Crippen molar-refractivity contribution in [2.75, 3.05) is 0 Å². The summed E-state index contributed by atoms with van der Waals surface area (Å²) >= 11 is 0. The fourth-order valence-corrected chi connectivity index (χ4v) is 3.08. The van der Waals surface area contributed by atoms with Crippen molar-refractivity contribution in [2.45, 2.75) is 12.8 Å². The first-order chi connectivity index (χ1) is 14.3. The molecule has 3 aromatic rings. The molecule has 1 N–H and O–H groups in total. The maximum absolute atomic E-state index is 8.70. The summed E-state index contributed by atoms with van der Waals surface area (Å²) in [6.45, 7) is 0. The second-order valence-electron chi connectivity index (χ2n) is 6.67. The predicted octanol–water partition coefficient (Wildman–Crippen LogP) is 7.09. The van der Waals surface area contributed by atoms with Gasteiger partial charge in [-0.25, -0.2) is 0 Å². The molecule has 0 saturated heterocycles. The van der Waals surface area contributed by atoms with Gasteiger partial charge < -0.3 is 5.21 Å². The van der Waals surface area contributed by atoms with Gasteiger partial charge in [0.05, 0.1) is 6.21 Å². The van der Waals surface area contributed by atoms with Crippen LogP contribution in [0.5, 0.6) is 0 Å². The summed E-state index contributed by atoms with van der Waals surface area (Å²) in [6, 6.07) is 28.7. The van der Waals surface area contributed by atoms with E-state index in [2.05, 4.69) is 84.1 Å². The molecule has 144 valence electrons. The molecule has 2 heteroatoms. The van der Waals surface area contributed by atoms with Crippen LogP contribution in [-0.2, 0) is 0 Å². The SMILES string of the molecule is ON=Cc1cccc(/C=C/C/C(=C\C/C=C/c2ccccc2)c2ccccc2)c1. The molecular formula is C27H25NO. The fourth-order valence-electron chi connectivity index (χ4n) is 3.08. The summed E-state index contributed by atoms with van der Waals surface area (Å²) in [5.41, 5.74) is 5.71. The highest BCUT2D eigenvalue weighted by Crippen LogP contribution is 2.20. The molecule has 0 saturated carbocycles. The summed E-state index contributed by atoms with van der Waals surface area (Å²) in [5, 5.41) is 11.8. The average molecular weight is 380 g/mol. The molecule has 2 nitrogen and oxygen atoms in total. The van der Waals surface area contributed by atoms with E-state index in [0.29, 0.717) is 0 Å². The molecule has 0 fully saturated rings. The van der Waals surface area contributed by atoms with Crippen molar-refractivity contribution in [3.8, 4) is 0 Å². The number of rotatable bonds is 8. The van der Waals surface area contributed by atoms with Crippen LogP contribution in [0.4, 0.5) is 0 Å². The van der Waals surface area contributed by atoms with Gasteiger partial charge in [-0.05, 0) is 46.7 Å². The molecule has 0 aliphatic heterocycles. The van der Waals surface area contributed by atoms with E-state index in [4.69, 9.17) is 5.21 Å². The first-order valence-corrected chi connectivity index (χ1v) is 9.75. The van der Waals surface area contributed by atoms with Crippen molar-refractivity contribution in [3.63, 3.8) is 0 Å². The van der Waals surface area contributed by atoms with E-state index in [0.717, 1.165) is 24.0 Å². The third-order valence-electron chi connectivity index (χ3n) is 4.52. The Labute approximate surface area is 172 Å². The van der Waals surface area contributed by atoms with E-state index >= 15 is 0 Å². The molecule has 0 aliphatic carbocycles. The lowest BCUT2D eigenvalue weighted by Crippen LogP contribution is -1.84. The highest BCUT2D eigenvalue weighted by Gasteiger charge is 1.99. The number of nitrogens with zero attached hydrogens (tertiary/aromatic N) is 1. The zero-order chi connectivity index (χ0) is 20.2. The lowest BCUT2D eigenvalue weighted by atomic mass is 10.0. The van der Waals surface area contributed by atoms with Crippen LogP contribution in [0.2, 0.25) is 0 Å². The zero-order valence-electron chi connectivity index (χ0n) is 16.4. The lowest BCUT2D eigenvalue weighted by molar-refractivity contribution is 0.322. The van der Waals surface area contributed by atoms with Crippen molar-refractivity contribution >= 4 is 23.9 Å².